The molecule has 2 rings (SSSR count). The number of sulfonamides is 1. The number of nitrogens with one attached hydrogen (secondary N) is 1. The molecule has 0 aliphatic heterocycles. The van der Waals surface area contributed by atoms with Crippen molar-refractivity contribution in [3.63, 3.8) is 0 Å². The van der Waals surface area contributed by atoms with Crippen molar-refractivity contribution >= 4 is 38.1 Å². The Balaban J connectivity index is 2.49. The molecular weight excluding hydrogens is 324 g/mol. The zero-order valence-corrected chi connectivity index (χ0v) is 13.0. The van der Waals surface area contributed by atoms with E-state index in [1.165, 1.54) is 43.9 Å². The van der Waals surface area contributed by atoms with Gasteiger partial charge in [-0.05, 0) is 0 Å². The fraction of sp³-hybridized carbons (Fsp3) is 0.182. The minimum Gasteiger partial charge on any atom is -0.495 e. The van der Waals surface area contributed by atoms with Crippen LogP contribution < -0.4 is 14.2 Å². The number of aromatic nitrogens is 1. The van der Waals surface area contributed by atoms with Crippen molar-refractivity contribution in [2.75, 3.05) is 18.9 Å². The van der Waals surface area contributed by atoms with E-state index in [1.54, 1.807) is 5.38 Å². The van der Waals surface area contributed by atoms with Gasteiger partial charge in [0.05, 0.1) is 19.2 Å². The lowest BCUT2D eigenvalue weighted by molar-refractivity contribution is 0.392. The summed E-state index contributed by atoms with van der Waals surface area (Å²) in [6.07, 6.45) is 1.50. The van der Waals surface area contributed by atoms with E-state index >= 15 is 0 Å². The normalized spacial score (nSPS) is 11.2. The van der Waals surface area contributed by atoms with E-state index in [1.807, 2.05) is 0 Å². The number of hydrogen-bond donors (Lipinski definition) is 1. The molecule has 20 heavy (non-hydrogen) atoms. The van der Waals surface area contributed by atoms with Crippen molar-refractivity contribution in [3.05, 3.63) is 28.7 Å². The molecule has 1 N–H and O–H groups in total. The Morgan fingerprint density at radius 3 is 2.50 bits per heavy atom. The molecule has 6 nitrogen and oxygen atoms in total. The van der Waals surface area contributed by atoms with Crippen LogP contribution in [0.4, 0.5) is 5.13 Å². The van der Waals surface area contributed by atoms with Crippen LogP contribution in [0.15, 0.2) is 28.6 Å². The fourth-order valence-electron chi connectivity index (χ4n) is 1.49. The summed E-state index contributed by atoms with van der Waals surface area (Å²) < 4.78 is 37.1. The van der Waals surface area contributed by atoms with Crippen molar-refractivity contribution in [2.24, 2.45) is 0 Å². The van der Waals surface area contributed by atoms with Crippen LogP contribution >= 0.6 is 22.9 Å². The molecule has 0 fully saturated rings. The molecule has 1 aromatic carbocycles. The molecule has 0 radical (unpaired) electrons. The Hall–Kier alpha value is -1.51. The number of thiazole rings is 1. The van der Waals surface area contributed by atoms with E-state index in [2.05, 4.69) is 9.71 Å². The lowest BCUT2D eigenvalue weighted by Gasteiger charge is -2.12. The van der Waals surface area contributed by atoms with Crippen LogP contribution in [0.1, 0.15) is 0 Å². The van der Waals surface area contributed by atoms with Crippen molar-refractivity contribution in [3.8, 4) is 11.5 Å². The Morgan fingerprint density at radius 1 is 1.25 bits per heavy atom. The minimum atomic E-state index is -3.84. The van der Waals surface area contributed by atoms with Gasteiger partial charge in [0.1, 0.15) is 16.4 Å². The summed E-state index contributed by atoms with van der Waals surface area (Å²) in [6, 6.07) is 2.69. The van der Waals surface area contributed by atoms with Crippen LogP contribution in [0, 0.1) is 0 Å². The van der Waals surface area contributed by atoms with Crippen LogP contribution in [0.2, 0.25) is 5.02 Å². The van der Waals surface area contributed by atoms with E-state index in [0.717, 1.165) is 0 Å². The molecular formula is C11H11ClN2O4S2. The summed E-state index contributed by atoms with van der Waals surface area (Å²) in [5.41, 5.74) is 0. The minimum absolute atomic E-state index is 0.0727. The van der Waals surface area contributed by atoms with Gasteiger partial charge in [-0.1, -0.05) is 11.6 Å². The summed E-state index contributed by atoms with van der Waals surface area (Å²) >= 11 is 7.11. The lowest BCUT2D eigenvalue weighted by Crippen LogP contribution is -2.14. The van der Waals surface area contributed by atoms with Crippen LogP contribution in [0.25, 0.3) is 0 Å². The Kier molecular flexibility index (Phi) is 4.36. The highest BCUT2D eigenvalue weighted by Crippen LogP contribution is 2.35. The van der Waals surface area contributed by atoms with E-state index < -0.39 is 10.0 Å². The number of hydrogen-bond acceptors (Lipinski definition) is 6. The maximum absolute atomic E-state index is 12.3. The molecule has 0 saturated carbocycles. The quantitative estimate of drug-likeness (QED) is 0.909. The van der Waals surface area contributed by atoms with E-state index in [-0.39, 0.29) is 26.5 Å². The topological polar surface area (TPSA) is 77.5 Å². The third-order valence-electron chi connectivity index (χ3n) is 2.38. The molecule has 108 valence electrons. The third-order valence-corrected chi connectivity index (χ3v) is 4.85. The van der Waals surface area contributed by atoms with Crippen molar-refractivity contribution in [2.45, 2.75) is 4.90 Å². The number of halogens is 1. The number of benzene rings is 1. The van der Waals surface area contributed by atoms with Gasteiger partial charge in [-0.3, -0.25) is 4.72 Å². The van der Waals surface area contributed by atoms with E-state index in [4.69, 9.17) is 21.1 Å². The number of nitrogens with zero attached hydrogens (tertiary/aromatic N) is 1. The van der Waals surface area contributed by atoms with Gasteiger partial charge < -0.3 is 9.47 Å². The molecule has 0 aliphatic rings. The standard InChI is InChI=1S/C11H11ClN2O4S2/c1-17-8-6-10(9(18-2)5-7(8)12)20(15,16)14-11-13-3-4-19-11/h3-6H,1-2H3,(H,13,14). The van der Waals surface area contributed by atoms with Gasteiger partial charge in [0, 0.05) is 23.7 Å². The summed E-state index contributed by atoms with van der Waals surface area (Å²) in [4.78, 5) is 3.80. The monoisotopic (exact) mass is 334 g/mol. The summed E-state index contributed by atoms with van der Waals surface area (Å²) in [5.74, 6) is 0.367. The second-order valence-corrected chi connectivity index (χ2v) is 6.53. The van der Waals surface area contributed by atoms with Crippen molar-refractivity contribution < 1.29 is 17.9 Å². The smallest absolute Gasteiger partial charge is 0.267 e. The summed E-state index contributed by atoms with van der Waals surface area (Å²) in [6.45, 7) is 0. The molecule has 0 unspecified atom stereocenters. The number of ether oxygens (including phenoxy) is 2. The molecule has 0 saturated heterocycles. The molecule has 1 aromatic heterocycles. The van der Waals surface area contributed by atoms with Gasteiger partial charge in [0.15, 0.2) is 5.13 Å². The Bertz CT molecular complexity index is 701. The first-order valence-electron chi connectivity index (χ1n) is 5.31. The highest BCUT2D eigenvalue weighted by Gasteiger charge is 2.23. The van der Waals surface area contributed by atoms with Gasteiger partial charge in [-0.25, -0.2) is 13.4 Å². The van der Waals surface area contributed by atoms with Crippen LogP contribution in [-0.2, 0) is 10.0 Å². The zero-order valence-electron chi connectivity index (χ0n) is 10.6. The van der Waals surface area contributed by atoms with E-state index in [9.17, 15) is 8.42 Å². The van der Waals surface area contributed by atoms with Gasteiger partial charge in [0.25, 0.3) is 10.0 Å². The molecule has 0 bridgehead atoms. The predicted molar refractivity (Wildman–Crippen MR) is 77.5 cm³/mol. The molecule has 9 heteroatoms. The Labute approximate surface area is 125 Å². The predicted octanol–water partition coefficient (Wildman–Crippen LogP) is 2.61. The molecule has 1 heterocycles. The molecule has 0 amide bonds. The lowest BCUT2D eigenvalue weighted by atomic mass is 10.3. The first-order valence-corrected chi connectivity index (χ1v) is 8.06. The zero-order chi connectivity index (χ0) is 14.8. The Morgan fingerprint density at radius 2 is 1.95 bits per heavy atom. The molecule has 0 aliphatic carbocycles. The molecule has 0 spiro atoms. The SMILES string of the molecule is COc1cc(S(=O)(=O)Nc2nccs2)c(OC)cc1Cl. The summed E-state index contributed by atoms with van der Waals surface area (Å²) in [7, 11) is -1.08. The first-order chi connectivity index (χ1) is 9.47. The average molecular weight is 335 g/mol. The third kappa shape index (κ3) is 2.97. The highest BCUT2D eigenvalue weighted by molar-refractivity contribution is 7.93. The second kappa shape index (κ2) is 5.86. The van der Waals surface area contributed by atoms with Crippen LogP contribution in [0.5, 0.6) is 11.5 Å². The maximum Gasteiger partial charge on any atom is 0.267 e. The van der Waals surface area contributed by atoms with Crippen LogP contribution in [-0.4, -0.2) is 27.6 Å². The van der Waals surface area contributed by atoms with Gasteiger partial charge in [-0.2, -0.15) is 0 Å². The van der Waals surface area contributed by atoms with E-state index in [0.29, 0.717) is 0 Å². The number of methoxy groups -OCH3 is 2. The van der Waals surface area contributed by atoms with Gasteiger partial charge >= 0.3 is 0 Å². The average Bonchev–Trinajstić information content (AvgIpc) is 2.90. The molecule has 0 atom stereocenters. The summed E-state index contributed by atoms with van der Waals surface area (Å²) in [5, 5.41) is 2.19. The number of rotatable bonds is 5. The van der Waals surface area contributed by atoms with Gasteiger partial charge in [-0.15, -0.1) is 11.3 Å². The number of anilines is 1. The van der Waals surface area contributed by atoms with Gasteiger partial charge in [0.2, 0.25) is 0 Å². The van der Waals surface area contributed by atoms with Crippen molar-refractivity contribution in [1.82, 2.24) is 4.98 Å². The highest BCUT2D eigenvalue weighted by atomic mass is 35.5. The fourth-order valence-corrected chi connectivity index (χ4v) is 3.67. The molecule has 2 aromatic rings. The van der Waals surface area contributed by atoms with Crippen molar-refractivity contribution in [1.29, 1.82) is 0 Å². The van der Waals surface area contributed by atoms with Crippen LogP contribution in [0.3, 0.4) is 0 Å². The first kappa shape index (κ1) is 14.9. The maximum atomic E-state index is 12.3. The largest absolute Gasteiger partial charge is 0.495 e. The second-order valence-electron chi connectivity index (χ2n) is 3.58.